The van der Waals surface area contributed by atoms with Crippen LogP contribution in [-0.4, -0.2) is 63.2 Å². The number of nitrogens with one attached hydrogen (secondary N) is 1. The Bertz CT molecular complexity index is 115. The van der Waals surface area contributed by atoms with Crippen molar-refractivity contribution in [1.29, 1.82) is 0 Å². The summed E-state index contributed by atoms with van der Waals surface area (Å²) in [6.07, 6.45) is 1.26. The molecule has 0 rings (SSSR count). The van der Waals surface area contributed by atoms with Gasteiger partial charge in [0.25, 0.3) is 0 Å². The molecule has 0 aromatic rings. The van der Waals surface area contributed by atoms with E-state index in [0.29, 0.717) is 0 Å². The van der Waals surface area contributed by atoms with Gasteiger partial charge in [-0.15, -0.1) is 0 Å². The van der Waals surface area contributed by atoms with Gasteiger partial charge in [0.15, 0.2) is 0 Å². The third kappa shape index (κ3) is 8.48. The number of hydrogen-bond acceptors (Lipinski definition) is 3. The molecular formula is C11H27N3. The van der Waals surface area contributed by atoms with Crippen molar-refractivity contribution < 1.29 is 0 Å². The second kappa shape index (κ2) is 9.44. The van der Waals surface area contributed by atoms with Gasteiger partial charge < -0.3 is 15.1 Å². The molecule has 3 nitrogen and oxygen atoms in total. The molecule has 0 aliphatic rings. The Kier molecular flexibility index (Phi) is 9.35. The van der Waals surface area contributed by atoms with E-state index in [4.69, 9.17) is 0 Å². The zero-order valence-electron chi connectivity index (χ0n) is 10.3. The second-order valence-electron chi connectivity index (χ2n) is 3.99. The standard InChI is InChI=1S/C11H27N3/c1-5-9-14(6-2)11-8-12-7-10-13(3)4/h12H,5-11H2,1-4H3. The van der Waals surface area contributed by atoms with Crippen LogP contribution in [-0.2, 0) is 0 Å². The first-order valence-electron chi connectivity index (χ1n) is 5.78. The fraction of sp³-hybridized carbons (Fsp3) is 1.00. The van der Waals surface area contributed by atoms with E-state index in [2.05, 4.69) is 43.1 Å². The molecule has 0 bridgehead atoms. The summed E-state index contributed by atoms with van der Waals surface area (Å²) in [4.78, 5) is 4.69. The van der Waals surface area contributed by atoms with Crippen LogP contribution in [0.15, 0.2) is 0 Å². The molecule has 0 aliphatic carbocycles. The number of likely N-dealkylation sites (N-methyl/N-ethyl adjacent to an activating group) is 2. The minimum atomic E-state index is 1.09. The molecule has 3 heteroatoms. The topological polar surface area (TPSA) is 18.5 Å². The number of rotatable bonds is 9. The average molecular weight is 201 g/mol. The van der Waals surface area contributed by atoms with Gasteiger partial charge >= 0.3 is 0 Å². The van der Waals surface area contributed by atoms with E-state index in [1.165, 1.54) is 26.1 Å². The molecule has 0 heterocycles. The van der Waals surface area contributed by atoms with Crippen LogP contribution < -0.4 is 5.32 Å². The first-order chi connectivity index (χ1) is 6.70. The van der Waals surface area contributed by atoms with E-state index in [1.807, 2.05) is 0 Å². The Morgan fingerprint density at radius 2 is 1.57 bits per heavy atom. The van der Waals surface area contributed by atoms with Gasteiger partial charge in [-0.25, -0.2) is 0 Å². The van der Waals surface area contributed by atoms with Gasteiger partial charge in [-0.3, -0.25) is 0 Å². The van der Waals surface area contributed by atoms with Gasteiger partial charge in [0, 0.05) is 26.2 Å². The van der Waals surface area contributed by atoms with Crippen molar-refractivity contribution in [2.24, 2.45) is 0 Å². The lowest BCUT2D eigenvalue weighted by Gasteiger charge is -2.19. The lowest BCUT2D eigenvalue weighted by molar-refractivity contribution is 0.285. The van der Waals surface area contributed by atoms with Gasteiger partial charge in [0.2, 0.25) is 0 Å². The van der Waals surface area contributed by atoms with Crippen LogP contribution in [0, 0.1) is 0 Å². The van der Waals surface area contributed by atoms with E-state index in [-0.39, 0.29) is 0 Å². The highest BCUT2D eigenvalue weighted by atomic mass is 15.1. The minimum absolute atomic E-state index is 1.09. The monoisotopic (exact) mass is 201 g/mol. The van der Waals surface area contributed by atoms with Crippen LogP contribution in [0.4, 0.5) is 0 Å². The minimum Gasteiger partial charge on any atom is -0.314 e. The molecule has 0 aromatic heterocycles. The molecule has 0 atom stereocenters. The summed E-state index contributed by atoms with van der Waals surface area (Å²) in [5.41, 5.74) is 0. The van der Waals surface area contributed by atoms with E-state index in [9.17, 15) is 0 Å². The molecule has 0 aromatic carbocycles. The van der Waals surface area contributed by atoms with Crippen molar-refractivity contribution in [2.75, 3.05) is 53.4 Å². The average Bonchev–Trinajstić information content (AvgIpc) is 2.15. The molecule has 86 valence electrons. The summed E-state index contributed by atoms with van der Waals surface area (Å²) in [6, 6.07) is 0. The SMILES string of the molecule is CCCN(CC)CCNCCN(C)C. The third-order valence-corrected chi connectivity index (χ3v) is 2.33. The van der Waals surface area contributed by atoms with Crippen LogP contribution in [0.3, 0.4) is 0 Å². The van der Waals surface area contributed by atoms with Crippen molar-refractivity contribution in [3.05, 3.63) is 0 Å². The predicted octanol–water partition coefficient (Wildman–Crippen LogP) is 0.870. The van der Waals surface area contributed by atoms with E-state index in [1.54, 1.807) is 0 Å². The van der Waals surface area contributed by atoms with E-state index < -0.39 is 0 Å². The zero-order chi connectivity index (χ0) is 10.8. The molecule has 0 saturated carbocycles. The highest BCUT2D eigenvalue weighted by Crippen LogP contribution is 1.88. The van der Waals surface area contributed by atoms with Gasteiger partial charge in [0.05, 0.1) is 0 Å². The number of hydrogen-bond donors (Lipinski definition) is 1. The largest absolute Gasteiger partial charge is 0.314 e. The summed E-state index contributed by atoms with van der Waals surface area (Å²) in [7, 11) is 4.22. The summed E-state index contributed by atoms with van der Waals surface area (Å²) >= 11 is 0. The molecule has 1 N–H and O–H groups in total. The molecule has 0 unspecified atom stereocenters. The van der Waals surface area contributed by atoms with Crippen LogP contribution in [0.25, 0.3) is 0 Å². The Morgan fingerprint density at radius 3 is 2.07 bits per heavy atom. The Labute approximate surface area is 89.5 Å². The molecule has 0 saturated heterocycles. The van der Waals surface area contributed by atoms with Crippen molar-refractivity contribution in [2.45, 2.75) is 20.3 Å². The van der Waals surface area contributed by atoms with Gasteiger partial charge in [-0.2, -0.15) is 0 Å². The molecule has 14 heavy (non-hydrogen) atoms. The zero-order valence-corrected chi connectivity index (χ0v) is 10.3. The Balaban J connectivity index is 3.24. The molecule has 0 aliphatic heterocycles. The van der Waals surface area contributed by atoms with Crippen LogP contribution >= 0.6 is 0 Å². The highest BCUT2D eigenvalue weighted by Gasteiger charge is 1.99. The van der Waals surface area contributed by atoms with Crippen molar-refractivity contribution >= 4 is 0 Å². The normalized spacial score (nSPS) is 11.6. The third-order valence-electron chi connectivity index (χ3n) is 2.33. The summed E-state index contributed by atoms with van der Waals surface area (Å²) < 4.78 is 0. The van der Waals surface area contributed by atoms with E-state index >= 15 is 0 Å². The quantitative estimate of drug-likeness (QED) is 0.559. The second-order valence-corrected chi connectivity index (χ2v) is 3.99. The van der Waals surface area contributed by atoms with Crippen molar-refractivity contribution in [1.82, 2.24) is 15.1 Å². The first kappa shape index (κ1) is 13.9. The maximum atomic E-state index is 3.46. The van der Waals surface area contributed by atoms with Crippen LogP contribution in [0.2, 0.25) is 0 Å². The fourth-order valence-electron chi connectivity index (χ4n) is 1.41. The van der Waals surface area contributed by atoms with E-state index in [0.717, 1.165) is 19.6 Å². The molecule has 0 amide bonds. The fourth-order valence-corrected chi connectivity index (χ4v) is 1.41. The summed E-state index contributed by atoms with van der Waals surface area (Å²) in [6.45, 7) is 11.4. The van der Waals surface area contributed by atoms with Crippen molar-refractivity contribution in [3.63, 3.8) is 0 Å². The van der Waals surface area contributed by atoms with Crippen molar-refractivity contribution in [3.8, 4) is 0 Å². The van der Waals surface area contributed by atoms with Gasteiger partial charge in [0.1, 0.15) is 0 Å². The Morgan fingerprint density at radius 1 is 0.929 bits per heavy atom. The molecule has 0 radical (unpaired) electrons. The summed E-state index contributed by atoms with van der Waals surface area (Å²) in [5, 5.41) is 3.46. The smallest absolute Gasteiger partial charge is 0.0107 e. The Hall–Kier alpha value is -0.120. The molecule has 0 fully saturated rings. The maximum absolute atomic E-state index is 3.46. The summed E-state index contributed by atoms with van der Waals surface area (Å²) in [5.74, 6) is 0. The maximum Gasteiger partial charge on any atom is 0.0107 e. The van der Waals surface area contributed by atoms with Crippen LogP contribution in [0.1, 0.15) is 20.3 Å². The lowest BCUT2D eigenvalue weighted by atomic mass is 10.4. The number of nitrogens with zero attached hydrogens (tertiary/aromatic N) is 2. The van der Waals surface area contributed by atoms with Gasteiger partial charge in [-0.05, 0) is 33.6 Å². The lowest BCUT2D eigenvalue weighted by Crippen LogP contribution is -2.35. The van der Waals surface area contributed by atoms with Crippen LogP contribution in [0.5, 0.6) is 0 Å². The van der Waals surface area contributed by atoms with Gasteiger partial charge in [-0.1, -0.05) is 13.8 Å². The molecular weight excluding hydrogens is 174 g/mol. The first-order valence-corrected chi connectivity index (χ1v) is 5.78. The predicted molar refractivity (Wildman–Crippen MR) is 63.8 cm³/mol. The highest BCUT2D eigenvalue weighted by molar-refractivity contribution is 4.57. The molecule has 0 spiro atoms.